The molecule has 0 spiro atoms. The van der Waals surface area contributed by atoms with Gasteiger partial charge in [0.05, 0.1) is 19.8 Å². The molecule has 1 aliphatic carbocycles. The third kappa shape index (κ3) is 6.50. The van der Waals surface area contributed by atoms with Crippen LogP contribution >= 0.6 is 11.3 Å². The Morgan fingerprint density at radius 3 is 2.56 bits per heavy atom. The summed E-state index contributed by atoms with van der Waals surface area (Å²) in [6.45, 7) is 4.15. The maximum absolute atomic E-state index is 12.7. The Morgan fingerprint density at radius 1 is 1.19 bits per heavy atom. The minimum atomic E-state index is -0.465. The van der Waals surface area contributed by atoms with Gasteiger partial charge >= 0.3 is 18.0 Å². The van der Waals surface area contributed by atoms with Crippen LogP contribution in [0.2, 0.25) is 0 Å². The van der Waals surface area contributed by atoms with Crippen molar-refractivity contribution in [1.29, 1.82) is 0 Å². The highest BCUT2D eigenvalue weighted by Crippen LogP contribution is 2.25. The first-order valence-electron chi connectivity index (χ1n) is 9.36. The molecule has 1 heterocycles. The molecule has 0 atom stereocenters. The normalized spacial score (nSPS) is 14.4. The van der Waals surface area contributed by atoms with Crippen LogP contribution < -0.4 is 5.32 Å². The molecule has 1 aromatic heterocycles. The first-order valence-corrected chi connectivity index (χ1v) is 10.2. The molecule has 0 aliphatic heterocycles. The van der Waals surface area contributed by atoms with Crippen molar-refractivity contribution in [1.82, 2.24) is 15.2 Å². The summed E-state index contributed by atoms with van der Waals surface area (Å²) in [5.74, 6) is -0.927. The molecule has 1 saturated carbocycles. The summed E-state index contributed by atoms with van der Waals surface area (Å²) < 4.78 is 9.81. The van der Waals surface area contributed by atoms with E-state index in [4.69, 9.17) is 9.47 Å². The smallest absolute Gasteiger partial charge is 0.357 e. The number of carbonyl (C=O) groups excluding carboxylic acids is 3. The number of aromatic nitrogens is 1. The average Bonchev–Trinajstić information content (AvgIpc) is 3.14. The second-order valence-corrected chi connectivity index (χ2v) is 7.17. The number of hydrogen-bond donors (Lipinski definition) is 1. The highest BCUT2D eigenvalue weighted by Gasteiger charge is 2.27. The lowest BCUT2D eigenvalue weighted by Gasteiger charge is -2.33. The topological polar surface area (TPSA) is 97.8 Å². The molecular weight excluding hydrogens is 370 g/mol. The quantitative estimate of drug-likeness (QED) is 0.678. The first kappa shape index (κ1) is 21.1. The van der Waals surface area contributed by atoms with E-state index in [9.17, 15) is 14.4 Å². The third-order valence-electron chi connectivity index (χ3n) is 4.31. The van der Waals surface area contributed by atoms with Crippen molar-refractivity contribution >= 4 is 29.3 Å². The highest BCUT2D eigenvalue weighted by atomic mass is 32.1. The first-order chi connectivity index (χ1) is 13.0. The van der Waals surface area contributed by atoms with Crippen LogP contribution in [0.1, 0.15) is 61.4 Å². The van der Waals surface area contributed by atoms with Crippen molar-refractivity contribution in [2.45, 2.75) is 58.5 Å². The third-order valence-corrected chi connectivity index (χ3v) is 5.14. The second-order valence-electron chi connectivity index (χ2n) is 6.23. The fraction of sp³-hybridized carbons (Fsp3) is 0.667. The van der Waals surface area contributed by atoms with Crippen molar-refractivity contribution < 1.29 is 23.9 Å². The van der Waals surface area contributed by atoms with Crippen molar-refractivity contribution in [2.24, 2.45) is 0 Å². The average molecular weight is 397 g/mol. The summed E-state index contributed by atoms with van der Waals surface area (Å²) in [5, 5.41) is 4.94. The summed E-state index contributed by atoms with van der Waals surface area (Å²) in [6.07, 6.45) is 5.14. The molecule has 27 heavy (non-hydrogen) atoms. The van der Waals surface area contributed by atoms with E-state index in [1.165, 1.54) is 17.8 Å². The maximum atomic E-state index is 12.7. The van der Waals surface area contributed by atoms with Gasteiger partial charge in [-0.25, -0.2) is 14.6 Å². The number of esters is 2. The number of thiazole rings is 1. The van der Waals surface area contributed by atoms with Gasteiger partial charge in [-0.05, 0) is 26.7 Å². The van der Waals surface area contributed by atoms with E-state index in [1.54, 1.807) is 24.1 Å². The summed E-state index contributed by atoms with van der Waals surface area (Å²) in [5.41, 5.74) is 0.257. The lowest BCUT2D eigenvalue weighted by molar-refractivity contribution is -0.141. The summed E-state index contributed by atoms with van der Waals surface area (Å²) >= 11 is 1.32. The zero-order valence-corrected chi connectivity index (χ0v) is 16.7. The highest BCUT2D eigenvalue weighted by molar-refractivity contribution is 7.09. The number of ether oxygens (including phenoxy) is 2. The van der Waals surface area contributed by atoms with E-state index >= 15 is 0 Å². The van der Waals surface area contributed by atoms with Gasteiger partial charge in [0, 0.05) is 11.4 Å². The molecule has 1 fully saturated rings. The van der Waals surface area contributed by atoms with Crippen LogP contribution in [0.15, 0.2) is 5.38 Å². The fourth-order valence-electron chi connectivity index (χ4n) is 3.05. The lowest BCUT2D eigenvalue weighted by Crippen LogP contribution is -2.47. The molecule has 0 unspecified atom stereocenters. The molecule has 1 N–H and O–H groups in total. The molecule has 2 amide bonds. The van der Waals surface area contributed by atoms with Crippen molar-refractivity contribution in [3.63, 3.8) is 0 Å². The van der Waals surface area contributed by atoms with E-state index in [-0.39, 0.29) is 37.5 Å². The lowest BCUT2D eigenvalue weighted by atomic mass is 9.94. The van der Waals surface area contributed by atoms with E-state index < -0.39 is 11.9 Å². The fourth-order valence-corrected chi connectivity index (χ4v) is 3.81. The van der Waals surface area contributed by atoms with Crippen LogP contribution in [0.25, 0.3) is 0 Å². The Balaban J connectivity index is 2.04. The van der Waals surface area contributed by atoms with Crippen LogP contribution in [0.3, 0.4) is 0 Å². The SMILES string of the molecule is CCOC(=O)CNC(=O)N(Cc1nc(C(=O)OCC)cs1)C1CCCCC1. The molecule has 9 heteroatoms. The zero-order chi connectivity index (χ0) is 19.6. The van der Waals surface area contributed by atoms with E-state index in [2.05, 4.69) is 10.3 Å². The van der Waals surface area contributed by atoms with Gasteiger partial charge in [0.15, 0.2) is 5.69 Å². The molecule has 0 aromatic carbocycles. The standard InChI is InChI=1S/C18H27N3O5S/c1-3-25-16(22)10-19-18(24)21(13-8-6-5-7-9-13)11-15-20-14(12-27-15)17(23)26-4-2/h12-13H,3-11H2,1-2H3,(H,19,24). The molecule has 0 bridgehead atoms. The zero-order valence-electron chi connectivity index (χ0n) is 15.9. The summed E-state index contributed by atoms with van der Waals surface area (Å²) in [7, 11) is 0. The van der Waals surface area contributed by atoms with Crippen LogP contribution in [0.5, 0.6) is 0 Å². The Hall–Kier alpha value is -2.16. The van der Waals surface area contributed by atoms with Gasteiger partial charge in [-0.1, -0.05) is 19.3 Å². The Bertz CT molecular complexity index is 643. The van der Waals surface area contributed by atoms with Gasteiger partial charge in [0.25, 0.3) is 0 Å². The van der Waals surface area contributed by atoms with E-state index in [0.717, 1.165) is 25.7 Å². The monoisotopic (exact) mass is 397 g/mol. The van der Waals surface area contributed by atoms with Crippen LogP contribution in [0, 0.1) is 0 Å². The second kappa shape index (κ2) is 10.9. The van der Waals surface area contributed by atoms with E-state index in [1.807, 2.05) is 0 Å². The van der Waals surface area contributed by atoms with Crippen LogP contribution in [0.4, 0.5) is 4.79 Å². The van der Waals surface area contributed by atoms with Crippen LogP contribution in [-0.2, 0) is 20.8 Å². The van der Waals surface area contributed by atoms with Gasteiger partial charge in [0.1, 0.15) is 11.6 Å². The van der Waals surface area contributed by atoms with Crippen molar-refractivity contribution in [2.75, 3.05) is 19.8 Å². The van der Waals surface area contributed by atoms with Crippen molar-refractivity contribution in [3.8, 4) is 0 Å². The molecule has 2 rings (SSSR count). The molecule has 150 valence electrons. The van der Waals surface area contributed by atoms with Crippen LogP contribution in [-0.4, -0.2) is 53.7 Å². The number of carbonyl (C=O) groups is 3. The molecule has 1 aromatic rings. The Morgan fingerprint density at radius 2 is 1.89 bits per heavy atom. The number of nitrogens with zero attached hydrogens (tertiary/aromatic N) is 2. The maximum Gasteiger partial charge on any atom is 0.357 e. The van der Waals surface area contributed by atoms with Gasteiger partial charge in [-0.2, -0.15) is 0 Å². The number of nitrogens with one attached hydrogen (secondary N) is 1. The molecular formula is C18H27N3O5S. The summed E-state index contributed by atoms with van der Waals surface area (Å²) in [4.78, 5) is 42.0. The predicted octanol–water partition coefficient (Wildman–Crippen LogP) is 2.73. The molecule has 0 radical (unpaired) electrons. The van der Waals surface area contributed by atoms with Crippen molar-refractivity contribution in [3.05, 3.63) is 16.1 Å². The number of rotatable bonds is 8. The van der Waals surface area contributed by atoms with Gasteiger partial charge in [-0.15, -0.1) is 11.3 Å². The van der Waals surface area contributed by atoms with Gasteiger partial charge in [-0.3, -0.25) is 4.79 Å². The Kier molecular flexibility index (Phi) is 8.50. The summed E-state index contributed by atoms with van der Waals surface area (Å²) in [6, 6.07) is -0.223. The minimum Gasteiger partial charge on any atom is -0.465 e. The molecule has 0 saturated heterocycles. The number of amides is 2. The van der Waals surface area contributed by atoms with Gasteiger partial charge in [0.2, 0.25) is 0 Å². The largest absolute Gasteiger partial charge is 0.465 e. The van der Waals surface area contributed by atoms with E-state index in [0.29, 0.717) is 11.6 Å². The molecule has 1 aliphatic rings. The number of urea groups is 1. The minimum absolute atomic E-state index is 0.0934. The Labute approximate surface area is 163 Å². The number of hydrogen-bond acceptors (Lipinski definition) is 7. The molecule has 8 nitrogen and oxygen atoms in total. The van der Waals surface area contributed by atoms with Gasteiger partial charge < -0.3 is 19.7 Å². The predicted molar refractivity (Wildman–Crippen MR) is 101 cm³/mol.